The van der Waals surface area contributed by atoms with Crippen LogP contribution < -0.4 is 0 Å². The van der Waals surface area contributed by atoms with Crippen molar-refractivity contribution >= 4 is 11.7 Å². The average Bonchev–Trinajstić information content (AvgIpc) is 2.42. The molecule has 21 heavy (non-hydrogen) atoms. The fraction of sp³-hybridized carbons (Fsp3) is 0.562. The summed E-state index contributed by atoms with van der Waals surface area (Å²) in [5, 5.41) is 0. The lowest BCUT2D eigenvalue weighted by Crippen LogP contribution is -2.35. The van der Waals surface area contributed by atoms with Crippen molar-refractivity contribution in [1.29, 1.82) is 0 Å². The first kappa shape index (κ1) is 17.3. The zero-order valence-electron chi connectivity index (χ0n) is 13.8. The Morgan fingerprint density at radius 2 is 1.76 bits per heavy atom. The summed E-state index contributed by atoms with van der Waals surface area (Å²) in [4.78, 5) is 32.7. The summed E-state index contributed by atoms with van der Waals surface area (Å²) in [6.45, 7) is 6.85. The van der Waals surface area contributed by atoms with Gasteiger partial charge in [-0.2, -0.15) is 0 Å². The Morgan fingerprint density at radius 3 is 2.29 bits per heavy atom. The molecule has 116 valence electrons. The SMILES string of the molecule is CN(C)CCN(C)C(=O)c1cccnc1C(=O)C(C)(C)C. The molecule has 0 radical (unpaired) electrons. The molecule has 0 atom stereocenters. The molecule has 0 saturated carbocycles. The number of hydrogen-bond acceptors (Lipinski definition) is 4. The Bertz CT molecular complexity index is 518. The number of nitrogens with zero attached hydrogens (tertiary/aromatic N) is 3. The lowest BCUT2D eigenvalue weighted by Gasteiger charge is -2.22. The van der Waals surface area contributed by atoms with Crippen LogP contribution in [0.3, 0.4) is 0 Å². The summed E-state index contributed by atoms with van der Waals surface area (Å²) in [5.74, 6) is -0.287. The number of carbonyl (C=O) groups is 2. The highest BCUT2D eigenvalue weighted by molar-refractivity contribution is 6.08. The molecule has 0 saturated heterocycles. The van der Waals surface area contributed by atoms with E-state index >= 15 is 0 Å². The van der Waals surface area contributed by atoms with E-state index in [1.54, 1.807) is 30.3 Å². The van der Waals surface area contributed by atoms with Crippen LogP contribution in [0.15, 0.2) is 18.3 Å². The van der Waals surface area contributed by atoms with Crippen LogP contribution in [0, 0.1) is 5.41 Å². The van der Waals surface area contributed by atoms with Gasteiger partial charge in [0.1, 0.15) is 5.69 Å². The normalized spacial score (nSPS) is 11.6. The Labute approximate surface area is 127 Å². The summed E-state index contributed by atoms with van der Waals surface area (Å²) in [6, 6.07) is 3.35. The first-order valence-electron chi connectivity index (χ1n) is 7.04. The first-order valence-corrected chi connectivity index (χ1v) is 7.04. The number of Topliss-reactive ketones (excluding diaryl/α,β-unsaturated/α-hetero) is 1. The predicted octanol–water partition coefficient (Wildman–Crippen LogP) is 1.94. The van der Waals surface area contributed by atoms with Gasteiger partial charge in [0.2, 0.25) is 0 Å². The second-order valence-corrected chi connectivity index (χ2v) is 6.51. The van der Waals surface area contributed by atoms with Crippen LogP contribution in [-0.4, -0.2) is 60.7 Å². The van der Waals surface area contributed by atoms with E-state index in [2.05, 4.69) is 4.98 Å². The van der Waals surface area contributed by atoms with E-state index in [0.717, 1.165) is 6.54 Å². The van der Waals surface area contributed by atoms with E-state index in [1.807, 2.05) is 39.8 Å². The number of amides is 1. The highest BCUT2D eigenvalue weighted by Gasteiger charge is 2.29. The van der Waals surface area contributed by atoms with Crippen LogP contribution in [0.25, 0.3) is 0 Å². The summed E-state index contributed by atoms with van der Waals surface area (Å²) in [6.07, 6.45) is 1.55. The number of likely N-dealkylation sites (N-methyl/N-ethyl adjacent to an activating group) is 2. The first-order chi connectivity index (χ1) is 9.64. The van der Waals surface area contributed by atoms with Crippen molar-refractivity contribution in [3.63, 3.8) is 0 Å². The van der Waals surface area contributed by atoms with Gasteiger partial charge in [0, 0.05) is 31.7 Å². The minimum absolute atomic E-state index is 0.118. The van der Waals surface area contributed by atoms with Crippen molar-refractivity contribution in [2.45, 2.75) is 20.8 Å². The molecule has 0 unspecified atom stereocenters. The average molecular weight is 291 g/mol. The second-order valence-electron chi connectivity index (χ2n) is 6.51. The summed E-state index contributed by atoms with van der Waals surface area (Å²) in [5.41, 5.74) is 0.0661. The van der Waals surface area contributed by atoms with Crippen molar-refractivity contribution < 1.29 is 9.59 Å². The topological polar surface area (TPSA) is 53.5 Å². The highest BCUT2D eigenvalue weighted by atomic mass is 16.2. The maximum absolute atomic E-state index is 12.5. The minimum atomic E-state index is -0.564. The van der Waals surface area contributed by atoms with Crippen LogP contribution in [0.5, 0.6) is 0 Å². The van der Waals surface area contributed by atoms with E-state index in [9.17, 15) is 9.59 Å². The lowest BCUT2D eigenvalue weighted by molar-refractivity contribution is 0.0768. The molecule has 0 bridgehead atoms. The fourth-order valence-electron chi connectivity index (χ4n) is 1.77. The van der Waals surface area contributed by atoms with Gasteiger partial charge in [-0.05, 0) is 26.2 Å². The summed E-state index contributed by atoms with van der Waals surface area (Å²) < 4.78 is 0. The van der Waals surface area contributed by atoms with Crippen LogP contribution in [0.2, 0.25) is 0 Å². The maximum Gasteiger partial charge on any atom is 0.255 e. The van der Waals surface area contributed by atoms with Crippen molar-refractivity contribution in [1.82, 2.24) is 14.8 Å². The summed E-state index contributed by atoms with van der Waals surface area (Å²) in [7, 11) is 5.65. The van der Waals surface area contributed by atoms with Gasteiger partial charge in [-0.15, -0.1) is 0 Å². The van der Waals surface area contributed by atoms with Gasteiger partial charge in [0.15, 0.2) is 5.78 Å². The molecular weight excluding hydrogens is 266 g/mol. The molecule has 0 fully saturated rings. The van der Waals surface area contributed by atoms with Crippen molar-refractivity contribution in [2.24, 2.45) is 5.41 Å². The Kier molecular flexibility index (Phi) is 5.61. The number of aromatic nitrogens is 1. The zero-order chi connectivity index (χ0) is 16.2. The largest absolute Gasteiger partial charge is 0.340 e. The van der Waals surface area contributed by atoms with Gasteiger partial charge in [-0.25, -0.2) is 0 Å². The Hall–Kier alpha value is -1.75. The van der Waals surface area contributed by atoms with Crippen molar-refractivity contribution in [2.75, 3.05) is 34.2 Å². The van der Waals surface area contributed by atoms with E-state index in [0.29, 0.717) is 12.1 Å². The molecular formula is C16H25N3O2. The third-order valence-electron chi connectivity index (χ3n) is 3.16. The maximum atomic E-state index is 12.5. The van der Waals surface area contributed by atoms with Crippen LogP contribution >= 0.6 is 0 Å². The molecule has 0 aromatic carbocycles. The smallest absolute Gasteiger partial charge is 0.255 e. The molecule has 0 aliphatic heterocycles. The van der Waals surface area contributed by atoms with Crippen molar-refractivity contribution in [3.8, 4) is 0 Å². The van der Waals surface area contributed by atoms with E-state index in [1.165, 1.54) is 0 Å². The van der Waals surface area contributed by atoms with Crippen LogP contribution in [0.4, 0.5) is 0 Å². The minimum Gasteiger partial charge on any atom is -0.340 e. The van der Waals surface area contributed by atoms with E-state index < -0.39 is 5.41 Å². The van der Waals surface area contributed by atoms with Crippen LogP contribution in [-0.2, 0) is 0 Å². The van der Waals surface area contributed by atoms with Crippen molar-refractivity contribution in [3.05, 3.63) is 29.6 Å². The molecule has 5 heteroatoms. The number of rotatable bonds is 5. The lowest BCUT2D eigenvalue weighted by atomic mass is 9.87. The van der Waals surface area contributed by atoms with Crippen LogP contribution in [0.1, 0.15) is 41.6 Å². The van der Waals surface area contributed by atoms with Gasteiger partial charge in [0.05, 0.1) is 5.56 Å². The Balaban J connectivity index is 3.03. The number of carbonyl (C=O) groups excluding carboxylic acids is 2. The quantitative estimate of drug-likeness (QED) is 0.778. The van der Waals surface area contributed by atoms with E-state index in [-0.39, 0.29) is 17.4 Å². The number of hydrogen-bond donors (Lipinski definition) is 0. The molecule has 1 rings (SSSR count). The summed E-state index contributed by atoms with van der Waals surface area (Å²) >= 11 is 0. The standard InChI is InChI=1S/C16H25N3O2/c1-16(2,3)14(20)13-12(8-7-9-17-13)15(21)19(6)11-10-18(4)5/h7-9H,10-11H2,1-6H3. The third kappa shape index (κ3) is 4.63. The predicted molar refractivity (Wildman–Crippen MR) is 83.5 cm³/mol. The third-order valence-corrected chi connectivity index (χ3v) is 3.16. The van der Waals surface area contributed by atoms with E-state index in [4.69, 9.17) is 0 Å². The molecule has 0 aliphatic carbocycles. The zero-order valence-corrected chi connectivity index (χ0v) is 13.8. The second kappa shape index (κ2) is 6.80. The molecule has 0 aliphatic rings. The highest BCUT2D eigenvalue weighted by Crippen LogP contribution is 2.22. The van der Waals surface area contributed by atoms with Gasteiger partial charge >= 0.3 is 0 Å². The van der Waals surface area contributed by atoms with Gasteiger partial charge in [0.25, 0.3) is 5.91 Å². The molecule has 1 heterocycles. The molecule has 1 aromatic heterocycles. The molecule has 0 spiro atoms. The molecule has 0 N–H and O–H groups in total. The van der Waals surface area contributed by atoms with Gasteiger partial charge < -0.3 is 9.80 Å². The molecule has 1 aromatic rings. The molecule has 1 amide bonds. The van der Waals surface area contributed by atoms with Gasteiger partial charge in [-0.1, -0.05) is 20.8 Å². The monoisotopic (exact) mass is 291 g/mol. The molecule has 5 nitrogen and oxygen atoms in total. The van der Waals surface area contributed by atoms with Gasteiger partial charge in [-0.3, -0.25) is 14.6 Å². The Morgan fingerprint density at radius 1 is 1.14 bits per heavy atom. The number of pyridine rings is 1. The number of ketones is 1. The fourth-order valence-corrected chi connectivity index (χ4v) is 1.77.